The van der Waals surface area contributed by atoms with Gasteiger partial charge < -0.3 is 5.73 Å². The van der Waals surface area contributed by atoms with Crippen LogP contribution in [0.25, 0.3) is 10.7 Å². The van der Waals surface area contributed by atoms with E-state index in [2.05, 4.69) is 26.0 Å². The summed E-state index contributed by atoms with van der Waals surface area (Å²) < 4.78 is 2.71. The largest absolute Gasteiger partial charge is 0.396 e. The molecule has 4 nitrogen and oxygen atoms in total. The van der Waals surface area contributed by atoms with Gasteiger partial charge >= 0.3 is 0 Å². The van der Waals surface area contributed by atoms with Crippen LogP contribution in [0.4, 0.5) is 5.69 Å². The SMILES string of the molecule is Cn1ncc(N)c1-c1ncc(Br)s1. The Morgan fingerprint density at radius 1 is 1.54 bits per heavy atom. The summed E-state index contributed by atoms with van der Waals surface area (Å²) in [4.78, 5) is 4.21. The number of hydrogen-bond donors (Lipinski definition) is 1. The zero-order chi connectivity index (χ0) is 9.42. The van der Waals surface area contributed by atoms with Crippen molar-refractivity contribution < 1.29 is 0 Å². The molecule has 68 valence electrons. The highest BCUT2D eigenvalue weighted by Crippen LogP contribution is 2.31. The van der Waals surface area contributed by atoms with Crippen LogP contribution in [0.3, 0.4) is 0 Å². The number of nitrogen functional groups attached to an aromatic ring is 1. The fraction of sp³-hybridized carbons (Fsp3) is 0.143. The zero-order valence-electron chi connectivity index (χ0n) is 6.86. The third kappa shape index (κ3) is 1.47. The molecule has 2 aromatic rings. The van der Waals surface area contributed by atoms with Gasteiger partial charge in [0.25, 0.3) is 0 Å². The van der Waals surface area contributed by atoms with E-state index < -0.39 is 0 Å². The van der Waals surface area contributed by atoms with Gasteiger partial charge in [0.15, 0.2) is 0 Å². The average molecular weight is 259 g/mol. The Labute approximate surface area is 87.5 Å². The highest BCUT2D eigenvalue weighted by Gasteiger charge is 2.11. The molecule has 0 radical (unpaired) electrons. The molecule has 6 heteroatoms. The van der Waals surface area contributed by atoms with E-state index in [1.807, 2.05) is 7.05 Å². The molecule has 0 aliphatic heterocycles. The standard InChI is InChI=1S/C7H7BrN4S/c1-12-6(4(9)2-11-12)7-10-3-5(8)13-7/h2-3H,9H2,1H3. The minimum absolute atomic E-state index is 0.657. The average Bonchev–Trinajstić information content (AvgIpc) is 2.60. The van der Waals surface area contributed by atoms with Crippen molar-refractivity contribution in [3.05, 3.63) is 16.2 Å². The maximum atomic E-state index is 5.75. The first-order valence-corrected chi connectivity index (χ1v) is 5.18. The molecule has 0 amide bonds. The minimum atomic E-state index is 0.657. The van der Waals surface area contributed by atoms with Crippen LogP contribution in [0.2, 0.25) is 0 Å². The molecule has 0 unspecified atom stereocenters. The molecule has 2 N–H and O–H groups in total. The van der Waals surface area contributed by atoms with E-state index in [1.165, 1.54) is 11.3 Å². The number of hydrogen-bond acceptors (Lipinski definition) is 4. The predicted octanol–water partition coefficient (Wildman–Crippen LogP) is 1.89. The van der Waals surface area contributed by atoms with Crippen LogP contribution >= 0.6 is 27.3 Å². The molecule has 0 saturated carbocycles. The first-order chi connectivity index (χ1) is 6.18. The minimum Gasteiger partial charge on any atom is -0.396 e. The number of nitrogens with two attached hydrogens (primary N) is 1. The summed E-state index contributed by atoms with van der Waals surface area (Å²) in [5.41, 5.74) is 7.28. The molecule has 0 saturated heterocycles. The van der Waals surface area contributed by atoms with Gasteiger partial charge in [-0.2, -0.15) is 5.10 Å². The first-order valence-electron chi connectivity index (χ1n) is 3.57. The third-order valence-corrected chi connectivity index (χ3v) is 3.13. The van der Waals surface area contributed by atoms with Gasteiger partial charge in [0.1, 0.15) is 10.7 Å². The van der Waals surface area contributed by atoms with Gasteiger partial charge in [-0.15, -0.1) is 11.3 Å². The summed E-state index contributed by atoms with van der Waals surface area (Å²) in [7, 11) is 1.85. The molecule has 0 atom stereocenters. The number of anilines is 1. The van der Waals surface area contributed by atoms with Crippen molar-refractivity contribution in [1.82, 2.24) is 14.8 Å². The van der Waals surface area contributed by atoms with Crippen molar-refractivity contribution in [2.45, 2.75) is 0 Å². The van der Waals surface area contributed by atoms with Gasteiger partial charge in [-0.1, -0.05) is 0 Å². The van der Waals surface area contributed by atoms with Crippen molar-refractivity contribution in [2.24, 2.45) is 7.05 Å². The highest BCUT2D eigenvalue weighted by atomic mass is 79.9. The first kappa shape index (κ1) is 8.71. The number of halogens is 1. The molecule has 0 aliphatic carbocycles. The Kier molecular flexibility index (Phi) is 2.09. The van der Waals surface area contributed by atoms with Crippen molar-refractivity contribution in [3.8, 4) is 10.7 Å². The second kappa shape index (κ2) is 3.12. The molecular formula is C7H7BrN4S. The van der Waals surface area contributed by atoms with Gasteiger partial charge in [-0.25, -0.2) is 4.98 Å². The lowest BCUT2D eigenvalue weighted by molar-refractivity contribution is 0.775. The molecule has 0 aromatic carbocycles. The van der Waals surface area contributed by atoms with Crippen LogP contribution in [0.15, 0.2) is 16.2 Å². The Balaban J connectivity index is 2.57. The summed E-state index contributed by atoms with van der Waals surface area (Å²) in [6.45, 7) is 0. The predicted molar refractivity (Wildman–Crippen MR) is 56.4 cm³/mol. The van der Waals surface area contributed by atoms with Crippen LogP contribution < -0.4 is 5.73 Å². The summed E-state index contributed by atoms with van der Waals surface area (Å²) in [6.07, 6.45) is 3.39. The summed E-state index contributed by atoms with van der Waals surface area (Å²) in [5, 5.41) is 4.92. The molecule has 13 heavy (non-hydrogen) atoms. The van der Waals surface area contributed by atoms with Crippen LogP contribution in [0.1, 0.15) is 0 Å². The Hall–Kier alpha value is -0.880. The van der Waals surface area contributed by atoms with Crippen LogP contribution in [0, 0.1) is 0 Å². The lowest BCUT2D eigenvalue weighted by Gasteiger charge is -1.97. The fourth-order valence-corrected chi connectivity index (χ4v) is 2.38. The van der Waals surface area contributed by atoms with E-state index >= 15 is 0 Å². The Bertz CT molecular complexity index is 414. The molecule has 0 fully saturated rings. The van der Waals surface area contributed by atoms with Crippen LogP contribution in [-0.4, -0.2) is 14.8 Å². The third-order valence-electron chi connectivity index (χ3n) is 1.65. The van der Waals surface area contributed by atoms with Gasteiger partial charge in [0.05, 0.1) is 21.9 Å². The lowest BCUT2D eigenvalue weighted by Crippen LogP contribution is -1.94. The monoisotopic (exact) mass is 258 g/mol. The van der Waals surface area contributed by atoms with E-state index in [-0.39, 0.29) is 0 Å². The maximum Gasteiger partial charge on any atom is 0.144 e. The van der Waals surface area contributed by atoms with Gasteiger partial charge in [0.2, 0.25) is 0 Å². The number of aromatic nitrogens is 3. The maximum absolute atomic E-state index is 5.75. The second-order valence-electron chi connectivity index (χ2n) is 2.54. The molecular weight excluding hydrogens is 252 g/mol. The molecule has 0 spiro atoms. The normalized spacial score (nSPS) is 10.6. The van der Waals surface area contributed by atoms with E-state index in [0.29, 0.717) is 5.69 Å². The molecule has 0 bridgehead atoms. The van der Waals surface area contributed by atoms with Crippen LogP contribution in [0.5, 0.6) is 0 Å². The fourth-order valence-electron chi connectivity index (χ4n) is 1.08. The van der Waals surface area contributed by atoms with Crippen LogP contribution in [-0.2, 0) is 7.05 Å². The summed E-state index contributed by atoms with van der Waals surface area (Å²) >= 11 is 4.89. The van der Waals surface area contributed by atoms with Crippen molar-refractivity contribution >= 4 is 33.0 Å². The quantitative estimate of drug-likeness (QED) is 0.850. The van der Waals surface area contributed by atoms with Gasteiger partial charge in [-0.05, 0) is 15.9 Å². The molecule has 2 aromatic heterocycles. The number of nitrogens with zero attached hydrogens (tertiary/aromatic N) is 3. The van der Waals surface area contributed by atoms with E-state index in [1.54, 1.807) is 17.1 Å². The zero-order valence-corrected chi connectivity index (χ0v) is 9.26. The molecule has 2 heterocycles. The molecule has 0 aliphatic rings. The van der Waals surface area contributed by atoms with Gasteiger partial charge in [-0.3, -0.25) is 4.68 Å². The van der Waals surface area contributed by atoms with E-state index in [4.69, 9.17) is 5.73 Å². The van der Waals surface area contributed by atoms with Crippen molar-refractivity contribution in [1.29, 1.82) is 0 Å². The second-order valence-corrected chi connectivity index (χ2v) is 4.95. The Morgan fingerprint density at radius 3 is 2.77 bits per heavy atom. The van der Waals surface area contributed by atoms with E-state index in [0.717, 1.165) is 14.5 Å². The smallest absolute Gasteiger partial charge is 0.144 e. The lowest BCUT2D eigenvalue weighted by atomic mass is 10.4. The Morgan fingerprint density at radius 2 is 2.31 bits per heavy atom. The van der Waals surface area contributed by atoms with Gasteiger partial charge in [0, 0.05) is 7.05 Å². The summed E-state index contributed by atoms with van der Waals surface area (Å²) in [5.74, 6) is 0. The van der Waals surface area contributed by atoms with E-state index in [9.17, 15) is 0 Å². The van der Waals surface area contributed by atoms with Crippen molar-refractivity contribution in [3.63, 3.8) is 0 Å². The topological polar surface area (TPSA) is 56.7 Å². The number of thiazole rings is 1. The van der Waals surface area contributed by atoms with Crippen molar-refractivity contribution in [2.75, 3.05) is 5.73 Å². The molecule has 2 rings (SSSR count). The summed E-state index contributed by atoms with van der Waals surface area (Å²) in [6, 6.07) is 0. The number of aryl methyl sites for hydroxylation is 1. The number of rotatable bonds is 1. The highest BCUT2D eigenvalue weighted by molar-refractivity contribution is 9.11.